The highest BCUT2D eigenvalue weighted by atomic mass is 16.6. The Morgan fingerprint density at radius 1 is 1.12 bits per heavy atom. The highest BCUT2D eigenvalue weighted by molar-refractivity contribution is 5.56. The second kappa shape index (κ2) is 6.35. The van der Waals surface area contributed by atoms with Gasteiger partial charge < -0.3 is 9.32 Å². The fourth-order valence-corrected chi connectivity index (χ4v) is 3.10. The molecule has 0 N–H and O–H groups in total. The summed E-state index contributed by atoms with van der Waals surface area (Å²) in [7, 11) is 0. The van der Waals surface area contributed by atoms with Gasteiger partial charge in [-0.15, -0.1) is 10.2 Å². The Hall–Kier alpha value is -3.22. The Bertz CT molecular complexity index is 905. The number of aromatic nitrogens is 2. The first-order chi connectivity index (χ1) is 12.2. The number of rotatable bonds is 4. The van der Waals surface area contributed by atoms with Crippen molar-refractivity contribution in [2.24, 2.45) is 0 Å². The van der Waals surface area contributed by atoms with E-state index < -0.39 is 4.92 Å². The van der Waals surface area contributed by atoms with Crippen LogP contribution in [0.3, 0.4) is 0 Å². The number of benzene rings is 2. The molecule has 126 valence electrons. The van der Waals surface area contributed by atoms with E-state index >= 15 is 0 Å². The maximum atomic E-state index is 10.7. The Morgan fingerprint density at radius 2 is 1.92 bits per heavy atom. The van der Waals surface area contributed by atoms with Gasteiger partial charge in [0, 0.05) is 29.9 Å². The summed E-state index contributed by atoms with van der Waals surface area (Å²) in [5.74, 6) is 0.903. The van der Waals surface area contributed by atoms with Gasteiger partial charge in [0.2, 0.25) is 11.8 Å². The smallest absolute Gasteiger partial charge is 0.269 e. The third-order valence-corrected chi connectivity index (χ3v) is 4.32. The minimum absolute atomic E-state index is 0.0356. The Kier molecular flexibility index (Phi) is 3.89. The summed E-state index contributed by atoms with van der Waals surface area (Å²) in [6.45, 7) is 1.50. The zero-order valence-electron chi connectivity index (χ0n) is 13.5. The lowest BCUT2D eigenvalue weighted by atomic mass is 10.0. The molecule has 0 saturated heterocycles. The first-order valence-electron chi connectivity index (χ1n) is 8.11. The average molecular weight is 336 g/mol. The van der Waals surface area contributed by atoms with Gasteiger partial charge in [0.15, 0.2) is 0 Å². The van der Waals surface area contributed by atoms with Crippen LogP contribution in [0.25, 0.3) is 11.5 Å². The van der Waals surface area contributed by atoms with Gasteiger partial charge in [-0.2, -0.15) is 0 Å². The van der Waals surface area contributed by atoms with Gasteiger partial charge in [0.25, 0.3) is 5.69 Å². The van der Waals surface area contributed by atoms with Crippen molar-refractivity contribution in [3.8, 4) is 11.5 Å². The molecule has 25 heavy (non-hydrogen) atoms. The average Bonchev–Trinajstić information content (AvgIpc) is 3.11. The van der Waals surface area contributed by atoms with Crippen LogP contribution < -0.4 is 4.90 Å². The zero-order valence-corrected chi connectivity index (χ0v) is 13.5. The molecule has 4 rings (SSSR count). The molecule has 0 amide bonds. The number of anilines is 1. The van der Waals surface area contributed by atoms with E-state index in [-0.39, 0.29) is 5.69 Å². The van der Waals surface area contributed by atoms with Gasteiger partial charge in [-0.25, -0.2) is 0 Å². The van der Waals surface area contributed by atoms with Crippen molar-refractivity contribution in [3.05, 3.63) is 70.1 Å². The van der Waals surface area contributed by atoms with Gasteiger partial charge >= 0.3 is 0 Å². The molecule has 7 nitrogen and oxygen atoms in total. The third-order valence-electron chi connectivity index (χ3n) is 4.32. The van der Waals surface area contributed by atoms with Crippen molar-refractivity contribution in [3.63, 3.8) is 0 Å². The van der Waals surface area contributed by atoms with Gasteiger partial charge in [-0.05, 0) is 36.6 Å². The molecule has 0 spiro atoms. The van der Waals surface area contributed by atoms with Crippen molar-refractivity contribution in [1.29, 1.82) is 0 Å². The normalized spacial score (nSPS) is 13.5. The first kappa shape index (κ1) is 15.3. The van der Waals surface area contributed by atoms with Gasteiger partial charge in [0.05, 0.1) is 11.5 Å². The lowest BCUT2D eigenvalue weighted by Gasteiger charge is -2.29. The van der Waals surface area contributed by atoms with E-state index in [1.807, 2.05) is 6.07 Å². The molecule has 1 aliphatic rings. The quantitative estimate of drug-likeness (QED) is 0.534. The molecule has 2 heterocycles. The minimum atomic E-state index is -0.434. The maximum Gasteiger partial charge on any atom is 0.269 e. The van der Waals surface area contributed by atoms with Crippen molar-refractivity contribution < 1.29 is 9.34 Å². The Balaban J connectivity index is 1.53. The SMILES string of the molecule is O=[N+]([O-])c1ccc(-c2nnc(CN3CCCc4ccccc43)o2)cc1. The van der Waals surface area contributed by atoms with E-state index in [2.05, 4.69) is 33.3 Å². The van der Waals surface area contributed by atoms with Crippen LogP contribution in [0.15, 0.2) is 52.9 Å². The fourth-order valence-electron chi connectivity index (χ4n) is 3.10. The van der Waals surface area contributed by atoms with Crippen LogP contribution in [0, 0.1) is 10.1 Å². The summed E-state index contributed by atoms with van der Waals surface area (Å²) in [5.41, 5.74) is 3.25. The molecule has 0 bridgehead atoms. The maximum absolute atomic E-state index is 10.7. The van der Waals surface area contributed by atoms with Gasteiger partial charge in [-0.1, -0.05) is 18.2 Å². The van der Waals surface area contributed by atoms with Crippen LogP contribution in [0.4, 0.5) is 11.4 Å². The highest BCUT2D eigenvalue weighted by Gasteiger charge is 2.19. The van der Waals surface area contributed by atoms with Crippen LogP contribution in [-0.2, 0) is 13.0 Å². The van der Waals surface area contributed by atoms with E-state index in [9.17, 15) is 10.1 Å². The number of non-ortho nitro benzene ring substituents is 1. The van der Waals surface area contributed by atoms with Crippen molar-refractivity contribution in [2.45, 2.75) is 19.4 Å². The van der Waals surface area contributed by atoms with Crippen LogP contribution in [0.1, 0.15) is 17.9 Å². The molecule has 0 unspecified atom stereocenters. The summed E-state index contributed by atoms with van der Waals surface area (Å²) in [5, 5.41) is 18.9. The number of fused-ring (bicyclic) bond motifs is 1. The standard InChI is InChI=1S/C18H16N4O3/c23-22(24)15-9-7-14(8-10-15)18-20-19-17(25-18)12-21-11-3-5-13-4-1-2-6-16(13)21/h1-2,4,6-10H,3,5,11-12H2. The van der Waals surface area contributed by atoms with E-state index in [0.717, 1.165) is 19.4 Å². The largest absolute Gasteiger partial charge is 0.419 e. The predicted octanol–water partition coefficient (Wildman–Crippen LogP) is 3.60. The monoisotopic (exact) mass is 336 g/mol. The van der Waals surface area contributed by atoms with Crippen LogP contribution in [0.2, 0.25) is 0 Å². The van der Waals surface area contributed by atoms with Crippen molar-refractivity contribution in [1.82, 2.24) is 10.2 Å². The molecule has 0 aliphatic carbocycles. The second-order valence-electron chi connectivity index (χ2n) is 5.96. The summed E-state index contributed by atoms with van der Waals surface area (Å²) in [4.78, 5) is 12.5. The third kappa shape index (κ3) is 3.08. The number of hydrogen-bond donors (Lipinski definition) is 0. The number of para-hydroxylation sites is 1. The summed E-state index contributed by atoms with van der Waals surface area (Å²) < 4.78 is 5.75. The molecule has 2 aromatic carbocycles. The molecule has 0 radical (unpaired) electrons. The summed E-state index contributed by atoms with van der Waals surface area (Å²) in [6, 6.07) is 14.5. The number of aryl methyl sites for hydroxylation is 1. The molecule has 0 saturated carbocycles. The zero-order chi connectivity index (χ0) is 17.2. The van der Waals surface area contributed by atoms with E-state index in [1.165, 1.54) is 23.4 Å². The van der Waals surface area contributed by atoms with E-state index in [1.54, 1.807) is 12.1 Å². The molecule has 0 atom stereocenters. The lowest BCUT2D eigenvalue weighted by molar-refractivity contribution is -0.384. The van der Waals surface area contributed by atoms with E-state index in [4.69, 9.17) is 4.42 Å². The minimum Gasteiger partial charge on any atom is -0.419 e. The number of hydrogen-bond acceptors (Lipinski definition) is 6. The molecule has 7 heteroatoms. The molecule has 1 aromatic heterocycles. The van der Waals surface area contributed by atoms with Crippen LogP contribution in [-0.4, -0.2) is 21.7 Å². The molecule has 0 fully saturated rings. The Morgan fingerprint density at radius 3 is 2.72 bits per heavy atom. The van der Waals surface area contributed by atoms with Gasteiger partial charge in [-0.3, -0.25) is 10.1 Å². The lowest BCUT2D eigenvalue weighted by Crippen LogP contribution is -2.28. The van der Waals surface area contributed by atoms with Crippen molar-refractivity contribution in [2.75, 3.05) is 11.4 Å². The van der Waals surface area contributed by atoms with Crippen LogP contribution in [0.5, 0.6) is 0 Å². The molecular formula is C18H16N4O3. The number of nitro benzene ring substituents is 1. The van der Waals surface area contributed by atoms with Gasteiger partial charge in [0.1, 0.15) is 0 Å². The van der Waals surface area contributed by atoms with Crippen LogP contribution >= 0.6 is 0 Å². The van der Waals surface area contributed by atoms with E-state index in [0.29, 0.717) is 23.9 Å². The fraction of sp³-hybridized carbons (Fsp3) is 0.222. The molecular weight excluding hydrogens is 320 g/mol. The number of nitro groups is 1. The first-order valence-corrected chi connectivity index (χ1v) is 8.11. The highest BCUT2D eigenvalue weighted by Crippen LogP contribution is 2.28. The summed E-state index contributed by atoms with van der Waals surface area (Å²) >= 11 is 0. The van der Waals surface area contributed by atoms with Crippen molar-refractivity contribution >= 4 is 11.4 Å². The topological polar surface area (TPSA) is 85.3 Å². The molecule has 3 aromatic rings. The molecule has 1 aliphatic heterocycles. The number of nitrogens with zero attached hydrogens (tertiary/aromatic N) is 4. The Labute approximate surface area is 144 Å². The predicted molar refractivity (Wildman–Crippen MR) is 92.2 cm³/mol. The summed E-state index contributed by atoms with van der Waals surface area (Å²) in [6.07, 6.45) is 2.19. The second-order valence-corrected chi connectivity index (χ2v) is 5.96.